The molecule has 0 aliphatic carbocycles. The summed E-state index contributed by atoms with van der Waals surface area (Å²) in [6, 6.07) is 3.96. The maximum Gasteiger partial charge on any atom is 0.123 e. The molecule has 70 valence electrons. The molecule has 0 aromatic heterocycles. The van der Waals surface area contributed by atoms with Gasteiger partial charge in [0, 0.05) is 10.9 Å². The molecule has 0 saturated carbocycles. The number of halogens is 1. The minimum Gasteiger partial charge on any atom is -0.323 e. The fourth-order valence-electron chi connectivity index (χ4n) is 1.55. The van der Waals surface area contributed by atoms with Crippen molar-refractivity contribution in [3.63, 3.8) is 0 Å². The fourth-order valence-corrected chi connectivity index (χ4v) is 2.99. The summed E-state index contributed by atoms with van der Waals surface area (Å²) >= 11 is 0. The van der Waals surface area contributed by atoms with E-state index in [0.717, 1.165) is 0 Å². The van der Waals surface area contributed by atoms with Gasteiger partial charge in [0.25, 0.3) is 0 Å². The standard InChI is InChI=1S/C9H10FNOS/c1-5-9(11)7-4-6(10)2-3-8(7)13(5)12/h2-5,9H,11H2,1H3. The Kier molecular flexibility index (Phi) is 1.96. The molecule has 0 spiro atoms. The van der Waals surface area contributed by atoms with Crippen molar-refractivity contribution in [3.8, 4) is 0 Å². The first kappa shape index (κ1) is 8.84. The Morgan fingerprint density at radius 1 is 1.54 bits per heavy atom. The number of nitrogens with two attached hydrogens (primary N) is 1. The quantitative estimate of drug-likeness (QED) is 0.685. The maximum atomic E-state index is 12.8. The second-order valence-electron chi connectivity index (χ2n) is 3.21. The third-order valence-electron chi connectivity index (χ3n) is 2.39. The van der Waals surface area contributed by atoms with Crippen molar-refractivity contribution in [2.45, 2.75) is 23.1 Å². The van der Waals surface area contributed by atoms with Gasteiger partial charge in [-0.25, -0.2) is 4.39 Å². The van der Waals surface area contributed by atoms with Crippen molar-refractivity contribution in [2.24, 2.45) is 5.73 Å². The molecule has 0 bridgehead atoms. The molecule has 1 aliphatic heterocycles. The predicted molar refractivity (Wildman–Crippen MR) is 49.2 cm³/mol. The van der Waals surface area contributed by atoms with Crippen molar-refractivity contribution >= 4 is 10.8 Å². The van der Waals surface area contributed by atoms with E-state index in [1.54, 1.807) is 6.07 Å². The minimum atomic E-state index is -1.07. The van der Waals surface area contributed by atoms with Crippen molar-refractivity contribution in [3.05, 3.63) is 29.6 Å². The summed E-state index contributed by atoms with van der Waals surface area (Å²) in [5.41, 5.74) is 6.48. The Labute approximate surface area is 78.4 Å². The van der Waals surface area contributed by atoms with Gasteiger partial charge in [-0.05, 0) is 30.7 Å². The van der Waals surface area contributed by atoms with Crippen LogP contribution >= 0.6 is 0 Å². The van der Waals surface area contributed by atoms with E-state index in [9.17, 15) is 8.60 Å². The van der Waals surface area contributed by atoms with Crippen LogP contribution in [0.15, 0.2) is 23.1 Å². The zero-order chi connectivity index (χ0) is 9.59. The summed E-state index contributed by atoms with van der Waals surface area (Å²) < 4.78 is 24.5. The highest BCUT2D eigenvalue weighted by Crippen LogP contribution is 2.34. The molecular formula is C9H10FNOS. The summed E-state index contributed by atoms with van der Waals surface area (Å²) in [4.78, 5) is 0.682. The van der Waals surface area contributed by atoms with E-state index in [-0.39, 0.29) is 17.1 Å². The lowest BCUT2D eigenvalue weighted by atomic mass is 10.1. The molecule has 1 heterocycles. The van der Waals surface area contributed by atoms with Gasteiger partial charge >= 0.3 is 0 Å². The number of benzene rings is 1. The molecule has 0 saturated heterocycles. The van der Waals surface area contributed by atoms with Crippen molar-refractivity contribution in [1.82, 2.24) is 0 Å². The summed E-state index contributed by atoms with van der Waals surface area (Å²) in [6.07, 6.45) is 0. The molecule has 1 aromatic carbocycles. The predicted octanol–water partition coefficient (Wildman–Crippen LogP) is 1.34. The summed E-state index contributed by atoms with van der Waals surface area (Å²) in [6.45, 7) is 1.82. The maximum absolute atomic E-state index is 12.8. The SMILES string of the molecule is CC1C(N)c2cc(F)ccc2S1=O. The molecule has 0 amide bonds. The van der Waals surface area contributed by atoms with Crippen molar-refractivity contribution < 1.29 is 8.60 Å². The Hall–Kier alpha value is -0.740. The molecule has 1 aromatic rings. The van der Waals surface area contributed by atoms with Gasteiger partial charge in [0.1, 0.15) is 5.82 Å². The number of hydrogen-bond acceptors (Lipinski definition) is 2. The van der Waals surface area contributed by atoms with Crippen LogP contribution in [0.25, 0.3) is 0 Å². The van der Waals surface area contributed by atoms with E-state index in [4.69, 9.17) is 5.73 Å². The Morgan fingerprint density at radius 3 is 2.92 bits per heavy atom. The van der Waals surface area contributed by atoms with E-state index in [2.05, 4.69) is 0 Å². The summed E-state index contributed by atoms with van der Waals surface area (Å²) in [5, 5.41) is -0.114. The second kappa shape index (κ2) is 2.89. The molecule has 0 radical (unpaired) electrons. The Bertz CT molecular complexity index is 380. The minimum absolute atomic E-state index is 0.114. The molecular weight excluding hydrogens is 189 g/mol. The monoisotopic (exact) mass is 199 g/mol. The lowest BCUT2D eigenvalue weighted by Gasteiger charge is -2.07. The average molecular weight is 199 g/mol. The van der Waals surface area contributed by atoms with Crippen LogP contribution < -0.4 is 5.73 Å². The largest absolute Gasteiger partial charge is 0.323 e. The van der Waals surface area contributed by atoms with Crippen LogP contribution in [-0.4, -0.2) is 9.46 Å². The summed E-state index contributed by atoms with van der Waals surface area (Å²) in [5.74, 6) is -0.319. The van der Waals surface area contributed by atoms with Gasteiger partial charge in [-0.2, -0.15) is 0 Å². The molecule has 2 nitrogen and oxygen atoms in total. The second-order valence-corrected chi connectivity index (χ2v) is 4.99. The lowest BCUT2D eigenvalue weighted by Crippen LogP contribution is -2.20. The molecule has 13 heavy (non-hydrogen) atoms. The fraction of sp³-hybridized carbons (Fsp3) is 0.333. The highest BCUT2D eigenvalue weighted by Gasteiger charge is 2.33. The number of fused-ring (bicyclic) bond motifs is 1. The smallest absolute Gasteiger partial charge is 0.123 e. The molecule has 1 aliphatic rings. The molecule has 3 unspecified atom stereocenters. The van der Waals surface area contributed by atoms with Gasteiger partial charge in [0.05, 0.1) is 16.0 Å². The third-order valence-corrected chi connectivity index (χ3v) is 4.16. The normalized spacial score (nSPS) is 31.8. The van der Waals surface area contributed by atoms with Gasteiger partial charge < -0.3 is 5.73 Å². The zero-order valence-electron chi connectivity index (χ0n) is 7.16. The first-order valence-corrected chi connectivity index (χ1v) is 5.28. The highest BCUT2D eigenvalue weighted by atomic mass is 32.2. The van der Waals surface area contributed by atoms with E-state index in [0.29, 0.717) is 10.5 Å². The van der Waals surface area contributed by atoms with Crippen molar-refractivity contribution in [1.29, 1.82) is 0 Å². The topological polar surface area (TPSA) is 43.1 Å². The van der Waals surface area contributed by atoms with Crippen LogP contribution in [0.1, 0.15) is 18.5 Å². The number of hydrogen-bond donors (Lipinski definition) is 1. The molecule has 4 heteroatoms. The molecule has 0 fully saturated rings. The van der Waals surface area contributed by atoms with E-state index < -0.39 is 10.8 Å². The van der Waals surface area contributed by atoms with Crippen LogP contribution in [0.4, 0.5) is 4.39 Å². The van der Waals surface area contributed by atoms with Gasteiger partial charge in [-0.1, -0.05) is 0 Å². The molecule has 3 atom stereocenters. The van der Waals surface area contributed by atoms with Crippen LogP contribution in [0.2, 0.25) is 0 Å². The molecule has 2 N–H and O–H groups in total. The van der Waals surface area contributed by atoms with Crippen LogP contribution in [-0.2, 0) is 10.8 Å². The lowest BCUT2D eigenvalue weighted by molar-refractivity contribution is 0.617. The van der Waals surface area contributed by atoms with Gasteiger partial charge in [0.2, 0.25) is 0 Å². The van der Waals surface area contributed by atoms with E-state index in [1.807, 2.05) is 6.92 Å². The number of rotatable bonds is 0. The van der Waals surface area contributed by atoms with E-state index >= 15 is 0 Å². The highest BCUT2D eigenvalue weighted by molar-refractivity contribution is 7.86. The molecule has 2 rings (SSSR count). The van der Waals surface area contributed by atoms with Gasteiger partial charge in [0.15, 0.2) is 0 Å². The third kappa shape index (κ3) is 1.21. The van der Waals surface area contributed by atoms with Crippen LogP contribution in [0.3, 0.4) is 0 Å². The Morgan fingerprint density at radius 2 is 2.23 bits per heavy atom. The van der Waals surface area contributed by atoms with E-state index in [1.165, 1.54) is 12.1 Å². The first-order valence-electron chi connectivity index (χ1n) is 4.07. The first-order chi connectivity index (χ1) is 6.11. The van der Waals surface area contributed by atoms with Crippen LogP contribution in [0.5, 0.6) is 0 Å². The van der Waals surface area contributed by atoms with Gasteiger partial charge in [-0.3, -0.25) is 4.21 Å². The Balaban J connectivity index is 2.60. The average Bonchev–Trinajstić information content (AvgIpc) is 2.32. The van der Waals surface area contributed by atoms with Gasteiger partial charge in [-0.15, -0.1) is 0 Å². The summed E-state index contributed by atoms with van der Waals surface area (Å²) in [7, 11) is -1.07. The van der Waals surface area contributed by atoms with Crippen molar-refractivity contribution in [2.75, 3.05) is 0 Å². The zero-order valence-corrected chi connectivity index (χ0v) is 7.98. The van der Waals surface area contributed by atoms with Crippen LogP contribution in [0, 0.1) is 5.82 Å².